The lowest BCUT2D eigenvalue weighted by atomic mass is 9.79. The molecule has 0 radical (unpaired) electrons. The molecule has 1 heteroatoms. The van der Waals surface area contributed by atoms with E-state index in [2.05, 4.69) is 19.2 Å². The molecule has 2 atom stereocenters. The van der Waals surface area contributed by atoms with Crippen LogP contribution in [-0.2, 0) is 0 Å². The summed E-state index contributed by atoms with van der Waals surface area (Å²) in [6.45, 7) is 4.78. The zero-order valence-corrected chi connectivity index (χ0v) is 10.5. The first-order chi connectivity index (χ1) is 7.25. The van der Waals surface area contributed by atoms with Crippen molar-refractivity contribution in [1.82, 2.24) is 5.32 Å². The SMILES string of the molecule is CC(C)C1CCC[C@@H](NC2CCCC2)C1. The minimum atomic E-state index is 0.842. The van der Waals surface area contributed by atoms with Gasteiger partial charge in [0.1, 0.15) is 0 Å². The molecule has 0 amide bonds. The molecule has 0 bridgehead atoms. The Hall–Kier alpha value is -0.0400. The monoisotopic (exact) mass is 209 g/mol. The van der Waals surface area contributed by atoms with Crippen molar-refractivity contribution in [2.24, 2.45) is 11.8 Å². The van der Waals surface area contributed by atoms with Gasteiger partial charge in [0.2, 0.25) is 0 Å². The summed E-state index contributed by atoms with van der Waals surface area (Å²) in [5.41, 5.74) is 0. The van der Waals surface area contributed by atoms with Crippen molar-refractivity contribution in [3.63, 3.8) is 0 Å². The zero-order chi connectivity index (χ0) is 10.7. The highest BCUT2D eigenvalue weighted by molar-refractivity contribution is 4.84. The van der Waals surface area contributed by atoms with E-state index in [9.17, 15) is 0 Å². The molecule has 2 fully saturated rings. The van der Waals surface area contributed by atoms with Gasteiger partial charge in [-0.25, -0.2) is 0 Å². The fourth-order valence-electron chi connectivity index (χ4n) is 3.41. The van der Waals surface area contributed by atoms with Crippen molar-refractivity contribution in [2.75, 3.05) is 0 Å². The molecule has 0 aromatic carbocycles. The van der Waals surface area contributed by atoms with Crippen LogP contribution in [0.4, 0.5) is 0 Å². The average Bonchev–Trinajstić information content (AvgIpc) is 2.71. The van der Waals surface area contributed by atoms with E-state index in [1.54, 1.807) is 0 Å². The largest absolute Gasteiger partial charge is 0.311 e. The van der Waals surface area contributed by atoms with Gasteiger partial charge in [-0.15, -0.1) is 0 Å². The van der Waals surface area contributed by atoms with Crippen molar-refractivity contribution >= 4 is 0 Å². The Kier molecular flexibility index (Phi) is 4.07. The molecule has 2 aliphatic carbocycles. The Morgan fingerprint density at radius 2 is 1.53 bits per heavy atom. The van der Waals surface area contributed by atoms with Crippen molar-refractivity contribution in [3.8, 4) is 0 Å². The molecule has 2 saturated carbocycles. The Balaban J connectivity index is 1.76. The lowest BCUT2D eigenvalue weighted by Crippen LogP contribution is -2.40. The first-order valence-electron chi connectivity index (χ1n) is 7.01. The van der Waals surface area contributed by atoms with Gasteiger partial charge >= 0.3 is 0 Å². The summed E-state index contributed by atoms with van der Waals surface area (Å²) in [5.74, 6) is 1.87. The van der Waals surface area contributed by atoms with Gasteiger partial charge in [-0.05, 0) is 37.5 Å². The van der Waals surface area contributed by atoms with E-state index in [4.69, 9.17) is 0 Å². The molecule has 1 N–H and O–H groups in total. The molecule has 88 valence electrons. The van der Waals surface area contributed by atoms with Crippen molar-refractivity contribution in [2.45, 2.75) is 77.3 Å². The molecule has 0 aromatic heterocycles. The third-order valence-electron chi connectivity index (χ3n) is 4.48. The molecule has 0 aromatic rings. The quantitative estimate of drug-likeness (QED) is 0.747. The molecule has 1 unspecified atom stereocenters. The number of rotatable bonds is 3. The molecule has 0 spiro atoms. The van der Waals surface area contributed by atoms with Gasteiger partial charge < -0.3 is 5.32 Å². The predicted octanol–water partition coefficient (Wildman–Crippen LogP) is 3.73. The molecule has 0 aliphatic heterocycles. The minimum absolute atomic E-state index is 0.842. The normalized spacial score (nSPS) is 33.8. The summed E-state index contributed by atoms with van der Waals surface area (Å²) in [4.78, 5) is 0. The highest BCUT2D eigenvalue weighted by Gasteiger charge is 2.26. The van der Waals surface area contributed by atoms with E-state index in [0.29, 0.717) is 0 Å². The van der Waals surface area contributed by atoms with Gasteiger partial charge in [0.05, 0.1) is 0 Å². The van der Waals surface area contributed by atoms with E-state index >= 15 is 0 Å². The van der Waals surface area contributed by atoms with Gasteiger partial charge in [0.25, 0.3) is 0 Å². The van der Waals surface area contributed by atoms with Crippen LogP contribution in [0.3, 0.4) is 0 Å². The minimum Gasteiger partial charge on any atom is -0.311 e. The van der Waals surface area contributed by atoms with Gasteiger partial charge in [0, 0.05) is 12.1 Å². The summed E-state index contributed by atoms with van der Waals surface area (Å²) in [6, 6.07) is 1.70. The predicted molar refractivity (Wildman–Crippen MR) is 66.0 cm³/mol. The summed E-state index contributed by atoms with van der Waals surface area (Å²) >= 11 is 0. The Labute approximate surface area is 95.0 Å². The first-order valence-corrected chi connectivity index (χ1v) is 7.01. The van der Waals surface area contributed by atoms with Crippen LogP contribution < -0.4 is 5.32 Å². The molecule has 2 aliphatic rings. The van der Waals surface area contributed by atoms with Crippen LogP contribution in [-0.4, -0.2) is 12.1 Å². The molecule has 15 heavy (non-hydrogen) atoms. The molecule has 2 rings (SSSR count). The van der Waals surface area contributed by atoms with Crippen LogP contribution in [0, 0.1) is 11.8 Å². The molecular formula is C14H27N. The highest BCUT2D eigenvalue weighted by Crippen LogP contribution is 2.31. The number of nitrogens with one attached hydrogen (secondary N) is 1. The molecular weight excluding hydrogens is 182 g/mol. The van der Waals surface area contributed by atoms with Gasteiger partial charge in [-0.2, -0.15) is 0 Å². The second-order valence-corrected chi connectivity index (χ2v) is 6.02. The van der Waals surface area contributed by atoms with Crippen molar-refractivity contribution in [3.05, 3.63) is 0 Å². The summed E-state index contributed by atoms with van der Waals surface area (Å²) in [5, 5.41) is 3.90. The first kappa shape index (κ1) is 11.4. The highest BCUT2D eigenvalue weighted by atomic mass is 15.0. The standard InChI is InChI=1S/C14H27N/c1-11(2)12-6-5-9-14(10-12)15-13-7-3-4-8-13/h11-15H,3-10H2,1-2H3/t12?,14-/m1/s1. The van der Waals surface area contributed by atoms with Crippen LogP contribution in [0.2, 0.25) is 0 Å². The van der Waals surface area contributed by atoms with Crippen molar-refractivity contribution < 1.29 is 0 Å². The van der Waals surface area contributed by atoms with Gasteiger partial charge in [-0.3, -0.25) is 0 Å². The number of hydrogen-bond donors (Lipinski definition) is 1. The van der Waals surface area contributed by atoms with Crippen molar-refractivity contribution in [1.29, 1.82) is 0 Å². The third kappa shape index (κ3) is 3.21. The maximum atomic E-state index is 3.90. The van der Waals surface area contributed by atoms with Crippen LogP contribution in [0.5, 0.6) is 0 Å². The molecule has 0 saturated heterocycles. The lowest BCUT2D eigenvalue weighted by molar-refractivity contribution is 0.220. The summed E-state index contributed by atoms with van der Waals surface area (Å²) in [7, 11) is 0. The van der Waals surface area contributed by atoms with Crippen LogP contribution in [0.15, 0.2) is 0 Å². The lowest BCUT2D eigenvalue weighted by Gasteiger charge is -2.33. The maximum Gasteiger partial charge on any atom is 0.00723 e. The van der Waals surface area contributed by atoms with E-state index in [-0.39, 0.29) is 0 Å². The molecule has 1 nitrogen and oxygen atoms in total. The van der Waals surface area contributed by atoms with Crippen LogP contribution in [0.25, 0.3) is 0 Å². The van der Waals surface area contributed by atoms with E-state index in [1.807, 2.05) is 0 Å². The van der Waals surface area contributed by atoms with E-state index in [0.717, 1.165) is 23.9 Å². The second-order valence-electron chi connectivity index (χ2n) is 6.02. The Morgan fingerprint density at radius 1 is 0.867 bits per heavy atom. The summed E-state index contributed by atoms with van der Waals surface area (Å²) in [6.07, 6.45) is 11.6. The van der Waals surface area contributed by atoms with Crippen LogP contribution in [0.1, 0.15) is 65.2 Å². The second kappa shape index (κ2) is 5.34. The van der Waals surface area contributed by atoms with Crippen LogP contribution >= 0.6 is 0 Å². The van der Waals surface area contributed by atoms with E-state index < -0.39 is 0 Å². The molecule has 0 heterocycles. The topological polar surface area (TPSA) is 12.0 Å². The van der Waals surface area contributed by atoms with E-state index in [1.165, 1.54) is 51.4 Å². The fraction of sp³-hybridized carbons (Fsp3) is 1.00. The summed E-state index contributed by atoms with van der Waals surface area (Å²) < 4.78 is 0. The number of hydrogen-bond acceptors (Lipinski definition) is 1. The Morgan fingerprint density at radius 3 is 2.20 bits per heavy atom. The maximum absolute atomic E-state index is 3.90. The fourth-order valence-corrected chi connectivity index (χ4v) is 3.41. The average molecular weight is 209 g/mol. The Bertz CT molecular complexity index is 180. The third-order valence-corrected chi connectivity index (χ3v) is 4.48. The van der Waals surface area contributed by atoms with Gasteiger partial charge in [0.15, 0.2) is 0 Å². The van der Waals surface area contributed by atoms with Gasteiger partial charge in [-0.1, -0.05) is 39.5 Å². The smallest absolute Gasteiger partial charge is 0.00723 e. The zero-order valence-electron chi connectivity index (χ0n) is 10.5.